The van der Waals surface area contributed by atoms with E-state index in [0.717, 1.165) is 49.0 Å². The maximum absolute atomic E-state index is 11.0. The molecule has 0 atom stereocenters. The first-order valence-electron chi connectivity index (χ1n) is 18.8. The third kappa shape index (κ3) is 11.0. The number of rotatable bonds is 19. The molecule has 0 heterocycles. The minimum atomic E-state index is -1.53. The summed E-state index contributed by atoms with van der Waals surface area (Å²) in [4.78, 5) is 0. The summed E-state index contributed by atoms with van der Waals surface area (Å²) in [5.41, 5.74) is 2.53. The van der Waals surface area contributed by atoms with Gasteiger partial charge in [-0.1, -0.05) is 57.4 Å². The summed E-state index contributed by atoms with van der Waals surface area (Å²) in [7, 11) is -1.83. The lowest BCUT2D eigenvalue weighted by Gasteiger charge is -2.49. The lowest BCUT2D eigenvalue weighted by Crippen LogP contribution is -3.00. The standard InChI is InChI=1S/C37H65O4PSi.BrH/c1-3-39-37(40-4-2)43-29-19-8-6-5-7-18-28-41-35-27-26-31(38)30-36(35)42(32-20-12-9-13-21-32,33-22-14-10-15-23-33)34-24-16-11-17-25-34;/h26-27,30,32-34,37H,3-25,28-29,43H2,1-2H3;1H. The molecule has 4 rings (SSSR count). The minimum absolute atomic E-state index is 0. The Bertz CT molecular complexity index is 835. The van der Waals surface area contributed by atoms with Crippen molar-refractivity contribution in [1.29, 1.82) is 0 Å². The van der Waals surface area contributed by atoms with E-state index in [9.17, 15) is 5.11 Å². The first-order chi connectivity index (χ1) is 21.2. The molecule has 0 amide bonds. The Balaban J connectivity index is 0.00000529. The minimum Gasteiger partial charge on any atom is -1.00 e. The van der Waals surface area contributed by atoms with Crippen molar-refractivity contribution in [3.05, 3.63) is 18.2 Å². The van der Waals surface area contributed by atoms with Crippen LogP contribution in [0.2, 0.25) is 6.04 Å². The molecule has 1 N–H and O–H groups in total. The average molecular weight is 714 g/mol. The molecule has 1 aromatic rings. The lowest BCUT2D eigenvalue weighted by atomic mass is 9.99. The van der Waals surface area contributed by atoms with E-state index in [4.69, 9.17) is 14.2 Å². The summed E-state index contributed by atoms with van der Waals surface area (Å²) in [6.07, 6.45) is 28.8. The molecule has 7 heteroatoms. The molecule has 3 aliphatic rings. The Morgan fingerprint density at radius 1 is 0.705 bits per heavy atom. The van der Waals surface area contributed by atoms with Gasteiger partial charge < -0.3 is 36.3 Å². The van der Waals surface area contributed by atoms with Crippen molar-refractivity contribution in [2.75, 3.05) is 19.8 Å². The number of unbranched alkanes of at least 4 members (excludes halogenated alkanes) is 5. The summed E-state index contributed by atoms with van der Waals surface area (Å²) in [5.74, 6) is 1.73. The Kier molecular flexibility index (Phi) is 18.9. The molecular formula is C37H66BrO4PSi. The van der Waals surface area contributed by atoms with Crippen molar-refractivity contribution < 1.29 is 36.3 Å². The van der Waals surface area contributed by atoms with Gasteiger partial charge in [-0.25, -0.2) is 0 Å². The van der Waals surface area contributed by atoms with Crippen LogP contribution < -0.4 is 27.0 Å². The predicted molar refractivity (Wildman–Crippen MR) is 189 cm³/mol. The van der Waals surface area contributed by atoms with Gasteiger partial charge in [-0.2, -0.15) is 0 Å². The zero-order chi connectivity index (χ0) is 30.2. The van der Waals surface area contributed by atoms with Crippen molar-refractivity contribution in [3.8, 4) is 11.5 Å². The van der Waals surface area contributed by atoms with Crippen molar-refractivity contribution in [2.24, 2.45) is 0 Å². The van der Waals surface area contributed by atoms with E-state index < -0.39 is 7.26 Å². The Hall–Kier alpha value is -0.133. The predicted octanol–water partition coefficient (Wildman–Crippen LogP) is 6.70. The summed E-state index contributed by atoms with van der Waals surface area (Å²) >= 11 is 0. The molecule has 0 radical (unpaired) electrons. The van der Waals surface area contributed by atoms with Crippen LogP contribution in [0.4, 0.5) is 0 Å². The third-order valence-electron chi connectivity index (χ3n) is 10.9. The van der Waals surface area contributed by atoms with Gasteiger partial charge in [0.1, 0.15) is 17.0 Å². The number of hydrogen-bond acceptors (Lipinski definition) is 4. The van der Waals surface area contributed by atoms with Gasteiger partial charge in [-0.05, 0) is 109 Å². The van der Waals surface area contributed by atoms with E-state index in [1.807, 2.05) is 6.07 Å². The van der Waals surface area contributed by atoms with Crippen LogP contribution in [0.5, 0.6) is 11.5 Å². The molecule has 4 nitrogen and oxygen atoms in total. The molecule has 3 saturated carbocycles. The summed E-state index contributed by atoms with van der Waals surface area (Å²) < 4.78 is 18.3. The zero-order valence-electron chi connectivity index (χ0n) is 28.4. The molecule has 254 valence electrons. The van der Waals surface area contributed by atoms with Crippen LogP contribution in [0.25, 0.3) is 0 Å². The molecule has 0 aliphatic heterocycles. The second-order valence-corrected chi connectivity index (χ2v) is 20.1. The third-order valence-corrected chi connectivity index (χ3v) is 19.2. The Morgan fingerprint density at radius 3 is 1.68 bits per heavy atom. The average Bonchev–Trinajstić information content (AvgIpc) is 3.05. The van der Waals surface area contributed by atoms with E-state index in [0.29, 0.717) is 5.75 Å². The van der Waals surface area contributed by atoms with Crippen LogP contribution in [0.1, 0.15) is 149 Å². The fraction of sp³-hybridized carbons (Fsp3) is 0.838. The maximum atomic E-state index is 11.0. The second-order valence-electron chi connectivity index (χ2n) is 13.8. The SMILES string of the molecule is CCOC(OCC)[SiH2]CCCCCCCCOc1ccc(O)cc1[P+](C1CCCCC1)(C1CCCCC1)C1CCCCC1.[Br-]. The highest BCUT2D eigenvalue weighted by Crippen LogP contribution is 2.77. The topological polar surface area (TPSA) is 47.9 Å². The van der Waals surface area contributed by atoms with Gasteiger partial charge >= 0.3 is 0 Å². The van der Waals surface area contributed by atoms with Crippen LogP contribution in [0.3, 0.4) is 0 Å². The summed E-state index contributed by atoms with van der Waals surface area (Å²) in [5, 5.41) is 12.5. The maximum Gasteiger partial charge on any atom is 0.161 e. The lowest BCUT2D eigenvalue weighted by molar-refractivity contribution is -0.0827. The van der Waals surface area contributed by atoms with Crippen LogP contribution in [0.15, 0.2) is 18.2 Å². The zero-order valence-corrected chi connectivity index (χ0v) is 32.3. The van der Waals surface area contributed by atoms with E-state index in [2.05, 4.69) is 26.0 Å². The number of hydrogen-bond donors (Lipinski definition) is 1. The number of halogens is 1. The largest absolute Gasteiger partial charge is 1.00 e. The fourth-order valence-electron chi connectivity index (χ4n) is 9.01. The molecule has 0 aromatic heterocycles. The van der Waals surface area contributed by atoms with Gasteiger partial charge in [0.2, 0.25) is 0 Å². The van der Waals surface area contributed by atoms with Crippen molar-refractivity contribution >= 4 is 22.1 Å². The second kappa shape index (κ2) is 21.7. The molecule has 0 saturated heterocycles. The molecule has 0 spiro atoms. The smallest absolute Gasteiger partial charge is 0.161 e. The normalized spacial score (nSPS) is 19.5. The van der Waals surface area contributed by atoms with Crippen LogP contribution in [0, 0.1) is 0 Å². The van der Waals surface area contributed by atoms with Crippen molar-refractivity contribution in [3.63, 3.8) is 0 Å². The van der Waals surface area contributed by atoms with Crippen LogP contribution in [-0.4, -0.2) is 57.3 Å². The highest BCUT2D eigenvalue weighted by atomic mass is 79.9. The van der Waals surface area contributed by atoms with Gasteiger partial charge in [-0.3, -0.25) is 0 Å². The van der Waals surface area contributed by atoms with Crippen molar-refractivity contribution in [1.82, 2.24) is 0 Å². The molecular weight excluding hydrogens is 647 g/mol. The van der Waals surface area contributed by atoms with Gasteiger partial charge in [0.25, 0.3) is 0 Å². The molecule has 0 unspecified atom stereocenters. The van der Waals surface area contributed by atoms with E-state index in [-0.39, 0.29) is 32.4 Å². The fourth-order valence-corrected chi connectivity index (χ4v) is 18.3. The first-order valence-corrected chi connectivity index (χ1v) is 22.6. The summed E-state index contributed by atoms with van der Waals surface area (Å²) in [6, 6.07) is 7.62. The molecule has 0 bridgehead atoms. The van der Waals surface area contributed by atoms with Gasteiger partial charge in [0.15, 0.2) is 5.75 Å². The van der Waals surface area contributed by atoms with E-state index in [1.54, 1.807) is 0 Å². The van der Waals surface area contributed by atoms with Crippen LogP contribution in [-0.2, 0) is 9.47 Å². The number of phenolic OH excluding ortho intramolecular Hbond substituents is 1. The highest BCUT2D eigenvalue weighted by Gasteiger charge is 2.60. The quantitative estimate of drug-likeness (QED) is 0.0751. The van der Waals surface area contributed by atoms with E-state index in [1.165, 1.54) is 140 Å². The van der Waals surface area contributed by atoms with Crippen molar-refractivity contribution in [2.45, 2.75) is 178 Å². The number of benzene rings is 1. The Morgan fingerprint density at radius 2 is 1.18 bits per heavy atom. The number of ether oxygens (including phenoxy) is 3. The van der Waals surface area contributed by atoms with Gasteiger partial charge in [-0.15, -0.1) is 0 Å². The van der Waals surface area contributed by atoms with Gasteiger partial charge in [0.05, 0.1) is 40.4 Å². The van der Waals surface area contributed by atoms with E-state index >= 15 is 0 Å². The monoisotopic (exact) mass is 712 g/mol. The molecule has 3 fully saturated rings. The Labute approximate surface area is 284 Å². The highest BCUT2D eigenvalue weighted by molar-refractivity contribution is 7.85. The summed E-state index contributed by atoms with van der Waals surface area (Å²) in [6.45, 7) is 6.46. The first kappa shape index (κ1) is 38.3. The number of aromatic hydroxyl groups is 1. The van der Waals surface area contributed by atoms with Gasteiger partial charge in [0, 0.05) is 19.3 Å². The van der Waals surface area contributed by atoms with Crippen LogP contribution >= 0.6 is 7.26 Å². The molecule has 3 aliphatic carbocycles. The number of phenols is 1. The molecule has 1 aromatic carbocycles. The molecule has 44 heavy (non-hydrogen) atoms.